The van der Waals surface area contributed by atoms with E-state index in [1.54, 1.807) is 0 Å². The lowest BCUT2D eigenvalue weighted by molar-refractivity contribution is -0.139. The Labute approximate surface area is 66.3 Å². The highest BCUT2D eigenvalue weighted by Gasteiger charge is 2.02. The standard InChI is InChI=1S/C8H11NO2/c1-3-7(4-5-9)6-8(10)11-2/h4H,3,6H2,1-2H3/b7-4-. The Morgan fingerprint density at radius 1 is 1.73 bits per heavy atom. The second-order valence-corrected chi connectivity index (χ2v) is 2.04. The van der Waals surface area contributed by atoms with Crippen LogP contribution in [0, 0.1) is 11.3 Å². The predicted molar refractivity (Wildman–Crippen MR) is 40.6 cm³/mol. The van der Waals surface area contributed by atoms with Crippen LogP contribution in [0.3, 0.4) is 0 Å². The molecule has 0 bridgehead atoms. The number of nitrogens with zero attached hydrogens (tertiary/aromatic N) is 1. The Balaban J connectivity index is 4.01. The van der Waals surface area contributed by atoms with Gasteiger partial charge in [-0.15, -0.1) is 0 Å². The second-order valence-electron chi connectivity index (χ2n) is 2.04. The maximum atomic E-state index is 10.7. The summed E-state index contributed by atoms with van der Waals surface area (Å²) < 4.78 is 4.44. The number of ether oxygens (including phenoxy) is 1. The summed E-state index contributed by atoms with van der Waals surface area (Å²) in [6, 6.07) is 1.88. The van der Waals surface area contributed by atoms with Crippen molar-refractivity contribution >= 4 is 5.97 Å². The van der Waals surface area contributed by atoms with E-state index in [1.807, 2.05) is 13.0 Å². The second kappa shape index (κ2) is 5.48. The van der Waals surface area contributed by atoms with E-state index in [4.69, 9.17) is 5.26 Å². The first-order valence-electron chi connectivity index (χ1n) is 3.39. The maximum Gasteiger partial charge on any atom is 0.309 e. The maximum absolute atomic E-state index is 10.7. The van der Waals surface area contributed by atoms with Crippen LogP contribution in [0.15, 0.2) is 11.6 Å². The summed E-state index contributed by atoms with van der Waals surface area (Å²) in [7, 11) is 1.34. The molecule has 0 aliphatic heterocycles. The lowest BCUT2D eigenvalue weighted by atomic mass is 10.1. The highest BCUT2D eigenvalue weighted by Crippen LogP contribution is 2.06. The van der Waals surface area contributed by atoms with Crippen molar-refractivity contribution in [2.75, 3.05) is 7.11 Å². The minimum Gasteiger partial charge on any atom is -0.469 e. The molecule has 0 unspecified atom stereocenters. The van der Waals surface area contributed by atoms with Gasteiger partial charge in [-0.05, 0) is 12.0 Å². The van der Waals surface area contributed by atoms with Gasteiger partial charge in [0.25, 0.3) is 0 Å². The molecule has 60 valence electrons. The van der Waals surface area contributed by atoms with Crippen molar-refractivity contribution in [1.29, 1.82) is 5.26 Å². The van der Waals surface area contributed by atoms with Crippen LogP contribution < -0.4 is 0 Å². The molecule has 0 saturated carbocycles. The van der Waals surface area contributed by atoms with E-state index in [-0.39, 0.29) is 12.4 Å². The SMILES string of the molecule is CC/C(=C/C#N)CC(=O)OC. The molecule has 0 radical (unpaired) electrons. The fraction of sp³-hybridized carbons (Fsp3) is 0.500. The molecular formula is C8H11NO2. The van der Waals surface area contributed by atoms with Crippen molar-refractivity contribution in [3.05, 3.63) is 11.6 Å². The quantitative estimate of drug-likeness (QED) is 0.455. The molecule has 0 atom stereocenters. The molecule has 0 spiro atoms. The molecule has 11 heavy (non-hydrogen) atoms. The van der Waals surface area contributed by atoms with Gasteiger partial charge in [0.05, 0.1) is 19.6 Å². The number of hydrogen-bond acceptors (Lipinski definition) is 3. The van der Waals surface area contributed by atoms with E-state index in [0.29, 0.717) is 6.42 Å². The summed E-state index contributed by atoms with van der Waals surface area (Å²) in [6.07, 6.45) is 2.32. The fourth-order valence-corrected chi connectivity index (χ4v) is 0.627. The van der Waals surface area contributed by atoms with Crippen molar-refractivity contribution < 1.29 is 9.53 Å². The van der Waals surface area contributed by atoms with Crippen LogP contribution in [0.25, 0.3) is 0 Å². The lowest BCUT2D eigenvalue weighted by Crippen LogP contribution is -2.01. The topological polar surface area (TPSA) is 50.1 Å². The summed E-state index contributed by atoms with van der Waals surface area (Å²) in [4.78, 5) is 10.7. The van der Waals surface area contributed by atoms with Gasteiger partial charge in [0.15, 0.2) is 0 Å². The van der Waals surface area contributed by atoms with Crippen molar-refractivity contribution in [2.45, 2.75) is 19.8 Å². The number of nitriles is 1. The van der Waals surface area contributed by atoms with Crippen LogP contribution in [0.1, 0.15) is 19.8 Å². The number of methoxy groups -OCH3 is 1. The zero-order valence-corrected chi connectivity index (χ0v) is 6.76. The number of carbonyl (C=O) groups is 1. The Morgan fingerprint density at radius 3 is 2.73 bits per heavy atom. The third kappa shape index (κ3) is 4.15. The van der Waals surface area contributed by atoms with Gasteiger partial charge in [-0.2, -0.15) is 5.26 Å². The Bertz CT molecular complexity index is 201. The molecule has 3 heteroatoms. The van der Waals surface area contributed by atoms with Crippen LogP contribution in [0.4, 0.5) is 0 Å². The molecule has 3 nitrogen and oxygen atoms in total. The van der Waals surface area contributed by atoms with Crippen LogP contribution in [-0.2, 0) is 9.53 Å². The van der Waals surface area contributed by atoms with Crippen LogP contribution >= 0.6 is 0 Å². The Morgan fingerprint density at radius 2 is 2.36 bits per heavy atom. The van der Waals surface area contributed by atoms with Crippen molar-refractivity contribution in [3.63, 3.8) is 0 Å². The zero-order chi connectivity index (χ0) is 8.69. The molecule has 0 aromatic carbocycles. The van der Waals surface area contributed by atoms with Crippen LogP contribution in [0.2, 0.25) is 0 Å². The third-order valence-electron chi connectivity index (χ3n) is 1.32. The zero-order valence-electron chi connectivity index (χ0n) is 6.76. The van der Waals surface area contributed by atoms with Gasteiger partial charge in [-0.25, -0.2) is 0 Å². The average Bonchev–Trinajstić information content (AvgIpc) is 2.03. The van der Waals surface area contributed by atoms with E-state index >= 15 is 0 Å². The molecule has 0 aromatic heterocycles. The largest absolute Gasteiger partial charge is 0.469 e. The van der Waals surface area contributed by atoms with Gasteiger partial charge >= 0.3 is 5.97 Å². The summed E-state index contributed by atoms with van der Waals surface area (Å²) in [6.45, 7) is 1.89. The summed E-state index contributed by atoms with van der Waals surface area (Å²) in [5.74, 6) is -0.298. The normalized spacial score (nSPS) is 10.5. The molecule has 0 amide bonds. The highest BCUT2D eigenvalue weighted by molar-refractivity contribution is 5.72. The van der Waals surface area contributed by atoms with Gasteiger partial charge in [-0.3, -0.25) is 4.79 Å². The number of carbonyl (C=O) groups excluding carboxylic acids is 1. The van der Waals surface area contributed by atoms with E-state index in [9.17, 15) is 4.79 Å². The Hall–Kier alpha value is -1.30. The monoisotopic (exact) mass is 153 g/mol. The number of allylic oxidation sites excluding steroid dienone is 1. The van der Waals surface area contributed by atoms with Gasteiger partial charge in [0, 0.05) is 6.08 Å². The van der Waals surface area contributed by atoms with Gasteiger partial charge < -0.3 is 4.74 Å². The molecular weight excluding hydrogens is 142 g/mol. The molecule has 0 fully saturated rings. The Kier molecular flexibility index (Phi) is 4.83. The number of rotatable bonds is 3. The van der Waals surface area contributed by atoms with Crippen molar-refractivity contribution in [3.8, 4) is 6.07 Å². The first-order valence-corrected chi connectivity index (χ1v) is 3.39. The van der Waals surface area contributed by atoms with E-state index in [2.05, 4.69) is 4.74 Å². The molecule has 0 N–H and O–H groups in total. The summed E-state index contributed by atoms with van der Waals surface area (Å²) in [5.41, 5.74) is 0.805. The van der Waals surface area contributed by atoms with Gasteiger partial charge in [0.2, 0.25) is 0 Å². The molecule has 0 aliphatic rings. The lowest BCUT2D eigenvalue weighted by Gasteiger charge is -1.99. The minimum absolute atomic E-state index is 0.223. The van der Waals surface area contributed by atoms with Gasteiger partial charge in [0.1, 0.15) is 0 Å². The van der Waals surface area contributed by atoms with E-state index in [0.717, 1.165) is 5.57 Å². The first kappa shape index (κ1) is 9.70. The van der Waals surface area contributed by atoms with Gasteiger partial charge in [-0.1, -0.05) is 6.92 Å². The smallest absolute Gasteiger partial charge is 0.309 e. The molecule has 0 aromatic rings. The molecule has 0 aliphatic carbocycles. The molecule has 0 saturated heterocycles. The minimum atomic E-state index is -0.298. The highest BCUT2D eigenvalue weighted by atomic mass is 16.5. The number of hydrogen-bond donors (Lipinski definition) is 0. The van der Waals surface area contributed by atoms with Crippen molar-refractivity contribution in [2.24, 2.45) is 0 Å². The third-order valence-corrected chi connectivity index (χ3v) is 1.32. The summed E-state index contributed by atoms with van der Waals surface area (Å²) in [5, 5.41) is 8.27. The van der Waals surface area contributed by atoms with Crippen LogP contribution in [-0.4, -0.2) is 13.1 Å². The molecule has 0 heterocycles. The average molecular weight is 153 g/mol. The van der Waals surface area contributed by atoms with Crippen LogP contribution in [0.5, 0.6) is 0 Å². The van der Waals surface area contributed by atoms with E-state index in [1.165, 1.54) is 13.2 Å². The van der Waals surface area contributed by atoms with Crippen molar-refractivity contribution in [1.82, 2.24) is 0 Å². The van der Waals surface area contributed by atoms with E-state index < -0.39 is 0 Å². The predicted octanol–water partition coefficient (Wildman–Crippen LogP) is 1.41. The number of esters is 1. The fourth-order valence-electron chi connectivity index (χ4n) is 0.627. The summed E-state index contributed by atoms with van der Waals surface area (Å²) >= 11 is 0. The molecule has 0 rings (SSSR count). The first-order chi connectivity index (χ1) is 5.24.